The summed E-state index contributed by atoms with van der Waals surface area (Å²) in [5, 5.41) is 8.68. The number of aryl methyl sites for hydroxylation is 1. The first-order chi connectivity index (χ1) is 30.2. The first-order valence-electron chi connectivity index (χ1n) is 22.0. The van der Waals surface area contributed by atoms with Crippen molar-refractivity contribution in [1.82, 2.24) is 0 Å². The zero-order valence-electron chi connectivity index (χ0n) is 42.0. The summed E-state index contributed by atoms with van der Waals surface area (Å²) in [5.41, 5.74) is 8.01. The lowest BCUT2D eigenvalue weighted by Crippen LogP contribution is -2.18. The van der Waals surface area contributed by atoms with E-state index in [9.17, 15) is 26.3 Å². The van der Waals surface area contributed by atoms with Crippen molar-refractivity contribution in [3.63, 3.8) is 0 Å². The highest BCUT2D eigenvalue weighted by Crippen LogP contribution is 2.30. The number of ether oxygens (including phenoxy) is 3. The van der Waals surface area contributed by atoms with Gasteiger partial charge in [0.1, 0.15) is 17.2 Å². The number of rotatable bonds is 6. The van der Waals surface area contributed by atoms with E-state index in [1.54, 1.807) is 30.3 Å². The van der Waals surface area contributed by atoms with Crippen molar-refractivity contribution in [2.45, 2.75) is 157 Å². The van der Waals surface area contributed by atoms with E-state index in [4.69, 9.17) is 10.00 Å². The maximum Gasteiger partial charge on any atom is 0.573 e. The molecule has 0 unspecified atom stereocenters. The van der Waals surface area contributed by atoms with Crippen LogP contribution in [0.15, 0.2) is 121 Å². The molecule has 4 nitrogen and oxygen atoms in total. The third-order valence-corrected chi connectivity index (χ3v) is 9.84. The lowest BCUT2D eigenvalue weighted by Gasteiger charge is -2.20. The van der Waals surface area contributed by atoms with Gasteiger partial charge in [0.15, 0.2) is 0 Å². The van der Waals surface area contributed by atoms with Crippen LogP contribution in [-0.2, 0) is 33.5 Å². The van der Waals surface area contributed by atoms with Crippen LogP contribution in [0.4, 0.5) is 26.3 Å². The number of nitrogens with zero attached hydrogens (tertiary/aromatic N) is 1. The quantitative estimate of drug-likeness (QED) is 0.159. The molecule has 0 bridgehead atoms. The minimum atomic E-state index is -4.63. The van der Waals surface area contributed by atoms with E-state index in [1.165, 1.54) is 34.9 Å². The second-order valence-electron chi connectivity index (χ2n) is 20.8. The van der Waals surface area contributed by atoms with Crippen molar-refractivity contribution >= 4 is 0 Å². The highest BCUT2D eigenvalue weighted by Gasteiger charge is 2.31. The summed E-state index contributed by atoms with van der Waals surface area (Å²) >= 11 is 0. The maximum absolute atomic E-state index is 11.9. The number of alkyl halides is 6. The van der Waals surface area contributed by atoms with Crippen molar-refractivity contribution in [3.8, 4) is 23.3 Å². The predicted molar refractivity (Wildman–Crippen MR) is 260 cm³/mol. The second kappa shape index (κ2) is 25.5. The van der Waals surface area contributed by atoms with E-state index in [0.717, 1.165) is 28.7 Å². The first-order valence-corrected chi connectivity index (χ1v) is 22.0. The third-order valence-electron chi connectivity index (χ3n) is 9.84. The number of hydrogen-bond donors (Lipinski definition) is 0. The van der Waals surface area contributed by atoms with E-state index in [0.29, 0.717) is 5.75 Å². The molecule has 0 amide bonds. The fourth-order valence-corrected chi connectivity index (χ4v) is 5.73. The van der Waals surface area contributed by atoms with Gasteiger partial charge in [0.2, 0.25) is 6.86 Å². The smallest absolute Gasteiger partial charge is 0.463 e. The zero-order chi connectivity index (χ0) is 50.7. The fourth-order valence-electron chi connectivity index (χ4n) is 5.73. The van der Waals surface area contributed by atoms with Crippen molar-refractivity contribution in [2.75, 3.05) is 6.86 Å². The molecule has 0 heterocycles. The Hall–Kier alpha value is -5.43. The second-order valence-corrected chi connectivity index (χ2v) is 20.8. The SMILES string of the molecule is CC(C)(C)c1cccc(C#N)c1.CC(C)(C)c1cccc(OC(F)(F)F)c1.CC(C)(C)c1cccc(OC(F)F)c1.CC(C)(C)c1cccc(OCF)c1.CCc1cccc(C(C)(C)C)c1. The van der Waals surface area contributed by atoms with Crippen LogP contribution in [0.25, 0.3) is 0 Å². The molecule has 0 aromatic heterocycles. The van der Waals surface area contributed by atoms with Crippen LogP contribution in [0.1, 0.15) is 150 Å². The van der Waals surface area contributed by atoms with Gasteiger partial charge in [-0.3, -0.25) is 0 Å². The molecule has 5 aromatic carbocycles. The molecular formula is C56H73F6NO3. The average molecular weight is 922 g/mol. The third kappa shape index (κ3) is 23.7. The van der Waals surface area contributed by atoms with Crippen LogP contribution in [0.5, 0.6) is 17.2 Å². The lowest BCUT2D eigenvalue weighted by atomic mass is 9.86. The number of halogens is 6. The molecule has 0 aliphatic carbocycles. The largest absolute Gasteiger partial charge is 0.573 e. The zero-order valence-corrected chi connectivity index (χ0v) is 42.0. The first kappa shape index (κ1) is 58.6. The highest BCUT2D eigenvalue weighted by molar-refractivity contribution is 5.37. The molecule has 0 aliphatic heterocycles. The molecule has 0 fully saturated rings. The van der Waals surface area contributed by atoms with E-state index in [2.05, 4.69) is 115 Å². The molecule has 0 saturated heterocycles. The molecule has 10 heteroatoms. The van der Waals surface area contributed by atoms with Gasteiger partial charge >= 0.3 is 13.0 Å². The summed E-state index contributed by atoms with van der Waals surface area (Å²) in [6.07, 6.45) is -3.50. The van der Waals surface area contributed by atoms with Crippen LogP contribution in [0, 0.1) is 11.3 Å². The Bertz CT molecular complexity index is 2230. The van der Waals surface area contributed by atoms with Crippen molar-refractivity contribution in [2.24, 2.45) is 0 Å². The van der Waals surface area contributed by atoms with Gasteiger partial charge < -0.3 is 14.2 Å². The number of benzene rings is 5. The van der Waals surface area contributed by atoms with Crippen LogP contribution in [0.2, 0.25) is 0 Å². The topological polar surface area (TPSA) is 51.5 Å². The van der Waals surface area contributed by atoms with Gasteiger partial charge in [-0.15, -0.1) is 13.2 Å². The molecule has 5 rings (SSSR count). The van der Waals surface area contributed by atoms with E-state index >= 15 is 0 Å². The Kier molecular flexibility index (Phi) is 22.6. The summed E-state index contributed by atoms with van der Waals surface area (Å²) in [4.78, 5) is 0. The van der Waals surface area contributed by atoms with Gasteiger partial charge in [-0.2, -0.15) is 14.0 Å². The Morgan fingerprint density at radius 1 is 0.485 bits per heavy atom. The van der Waals surface area contributed by atoms with E-state index in [-0.39, 0.29) is 38.6 Å². The van der Waals surface area contributed by atoms with Gasteiger partial charge in [0.05, 0.1) is 11.6 Å². The Labute approximate surface area is 392 Å². The Morgan fingerprint density at radius 2 is 0.833 bits per heavy atom. The Balaban J connectivity index is 0.000000414. The van der Waals surface area contributed by atoms with Gasteiger partial charge in [-0.05, 0) is 115 Å². The standard InChI is InChI=1S/C12H18.C11H13F3O.C11H14F2O.C11H15FO.C11H13N/c1-5-10-7-6-8-11(9-10)12(2,3)4;1-10(2,3)8-5-4-6-9(7-8)15-11(12,13)14;1-11(2,3)8-5-4-6-9(7-8)14-10(12)13;1-11(2,3)9-5-4-6-10(7-9)13-8-12;1-11(2,3)10-6-4-5-9(7-10)8-12/h6-9H,5H2,1-4H3;4-7H,1-3H3;4-7,10H,1-3H3;4-7H,8H2,1-3H3;4-7H,1-3H3. The summed E-state index contributed by atoms with van der Waals surface area (Å²) < 4.78 is 84.5. The van der Waals surface area contributed by atoms with Gasteiger partial charge in [0, 0.05) is 0 Å². The number of hydrogen-bond acceptors (Lipinski definition) is 4. The summed E-state index contributed by atoms with van der Waals surface area (Å²) in [5.74, 6) is 0.636. The van der Waals surface area contributed by atoms with Crippen LogP contribution >= 0.6 is 0 Å². The minimum Gasteiger partial charge on any atom is -0.463 e. The summed E-state index contributed by atoms with van der Waals surface area (Å²) in [6, 6.07) is 39.1. The van der Waals surface area contributed by atoms with E-state index in [1.807, 2.05) is 84.0 Å². The molecule has 0 atom stereocenters. The lowest BCUT2D eigenvalue weighted by molar-refractivity contribution is -0.274. The molecule has 66 heavy (non-hydrogen) atoms. The molecule has 0 spiro atoms. The van der Waals surface area contributed by atoms with Crippen LogP contribution in [-0.4, -0.2) is 19.8 Å². The molecule has 0 aliphatic rings. The van der Waals surface area contributed by atoms with Crippen molar-refractivity contribution < 1.29 is 40.6 Å². The van der Waals surface area contributed by atoms with Gasteiger partial charge in [-0.25, -0.2) is 4.39 Å². The molecule has 0 saturated carbocycles. The average Bonchev–Trinajstić information content (AvgIpc) is 3.20. The molecule has 0 radical (unpaired) electrons. The predicted octanol–water partition coefficient (Wildman–Crippen LogP) is 17.2. The summed E-state index contributed by atoms with van der Waals surface area (Å²) in [7, 11) is 0. The molecule has 0 N–H and O–H groups in total. The number of nitriles is 1. The maximum atomic E-state index is 11.9. The van der Waals surface area contributed by atoms with E-state index < -0.39 is 19.8 Å². The summed E-state index contributed by atoms with van der Waals surface area (Å²) in [6.45, 7) is 30.0. The molecule has 362 valence electrons. The minimum absolute atomic E-state index is 0.0541. The molecule has 5 aromatic rings. The highest BCUT2D eigenvalue weighted by atomic mass is 19.4. The van der Waals surface area contributed by atoms with Crippen LogP contribution < -0.4 is 14.2 Å². The normalized spacial score (nSPS) is 11.7. The molecular weight excluding hydrogens is 849 g/mol. The van der Waals surface area contributed by atoms with Gasteiger partial charge in [0.25, 0.3) is 0 Å². The fraction of sp³-hybridized carbons (Fsp3) is 0.446. The van der Waals surface area contributed by atoms with Crippen molar-refractivity contribution in [3.05, 3.63) is 160 Å². The monoisotopic (exact) mass is 922 g/mol. The van der Waals surface area contributed by atoms with Crippen molar-refractivity contribution in [1.29, 1.82) is 5.26 Å². The Morgan fingerprint density at radius 3 is 1.21 bits per heavy atom. The van der Waals surface area contributed by atoms with Crippen LogP contribution in [0.3, 0.4) is 0 Å². The van der Waals surface area contributed by atoms with Gasteiger partial charge in [-0.1, -0.05) is 184 Å².